The number of rotatable bonds is 6. The zero-order valence-electron chi connectivity index (χ0n) is 14.9. The standard InChI is InChI=1S/C18H19ClN4O2S/c1-10-5-15(19)6-11(2)16(10)25-13(4)17(24)23-21-8-14(7-20)18-22-12(3)9-26-18/h5-6,8-9,13,21H,1-4H3,(H,23,24)/b14-8+/t13-/m0/s1. The lowest BCUT2D eigenvalue weighted by molar-refractivity contribution is -0.128. The Morgan fingerprint density at radius 2 is 2.04 bits per heavy atom. The normalized spacial score (nSPS) is 12.2. The fourth-order valence-corrected chi connectivity index (χ4v) is 3.30. The van der Waals surface area contributed by atoms with Crippen LogP contribution in [0.3, 0.4) is 0 Å². The van der Waals surface area contributed by atoms with Crippen molar-refractivity contribution in [2.75, 3.05) is 0 Å². The lowest BCUT2D eigenvalue weighted by Crippen LogP contribution is -2.42. The van der Waals surface area contributed by atoms with E-state index in [1.165, 1.54) is 17.5 Å². The summed E-state index contributed by atoms with van der Waals surface area (Å²) in [6.45, 7) is 7.23. The molecule has 0 aliphatic carbocycles. The van der Waals surface area contributed by atoms with Crippen molar-refractivity contribution in [3.05, 3.63) is 50.6 Å². The molecule has 0 bridgehead atoms. The van der Waals surface area contributed by atoms with E-state index in [2.05, 4.69) is 15.8 Å². The second-order valence-corrected chi connectivity index (χ2v) is 7.02. The van der Waals surface area contributed by atoms with Crippen LogP contribution >= 0.6 is 22.9 Å². The van der Waals surface area contributed by atoms with Crippen molar-refractivity contribution < 1.29 is 9.53 Å². The maximum absolute atomic E-state index is 12.2. The third kappa shape index (κ3) is 4.97. The molecule has 2 rings (SSSR count). The molecule has 0 spiro atoms. The fraction of sp³-hybridized carbons (Fsp3) is 0.278. The van der Waals surface area contributed by atoms with Gasteiger partial charge in [-0.3, -0.25) is 10.2 Å². The third-order valence-corrected chi connectivity index (χ3v) is 4.68. The number of thiazole rings is 1. The average molecular weight is 391 g/mol. The maximum atomic E-state index is 12.2. The third-order valence-electron chi connectivity index (χ3n) is 3.47. The number of carbonyl (C=O) groups is 1. The van der Waals surface area contributed by atoms with Gasteiger partial charge in [-0.05, 0) is 51.0 Å². The molecular weight excluding hydrogens is 372 g/mol. The van der Waals surface area contributed by atoms with E-state index in [1.54, 1.807) is 19.1 Å². The second kappa shape index (κ2) is 8.70. The molecule has 1 aromatic carbocycles. The first kappa shape index (κ1) is 19.8. The first-order chi connectivity index (χ1) is 12.3. The summed E-state index contributed by atoms with van der Waals surface area (Å²) in [7, 11) is 0. The lowest BCUT2D eigenvalue weighted by Gasteiger charge is -2.18. The van der Waals surface area contributed by atoms with E-state index in [4.69, 9.17) is 16.3 Å². The van der Waals surface area contributed by atoms with Gasteiger partial charge >= 0.3 is 0 Å². The number of hydrogen-bond acceptors (Lipinski definition) is 6. The van der Waals surface area contributed by atoms with E-state index in [-0.39, 0.29) is 5.91 Å². The minimum atomic E-state index is -0.734. The number of nitriles is 1. The molecule has 1 atom stereocenters. The number of carbonyl (C=O) groups excluding carboxylic acids is 1. The molecule has 1 aromatic heterocycles. The minimum Gasteiger partial charge on any atom is -0.480 e. The van der Waals surface area contributed by atoms with Gasteiger partial charge in [0.2, 0.25) is 0 Å². The van der Waals surface area contributed by atoms with Crippen molar-refractivity contribution in [3.63, 3.8) is 0 Å². The molecule has 136 valence electrons. The molecule has 8 heteroatoms. The number of benzene rings is 1. The topological polar surface area (TPSA) is 87.0 Å². The van der Waals surface area contributed by atoms with E-state index in [9.17, 15) is 10.1 Å². The van der Waals surface area contributed by atoms with Crippen LogP contribution in [0, 0.1) is 32.1 Å². The quantitative estimate of drug-likeness (QED) is 0.580. The molecule has 6 nitrogen and oxygen atoms in total. The second-order valence-electron chi connectivity index (χ2n) is 5.73. The van der Waals surface area contributed by atoms with Gasteiger partial charge in [-0.2, -0.15) is 5.26 Å². The highest BCUT2D eigenvalue weighted by molar-refractivity contribution is 7.10. The predicted octanol–water partition coefficient (Wildman–Crippen LogP) is 3.67. The van der Waals surface area contributed by atoms with Gasteiger partial charge in [0.05, 0.1) is 0 Å². The highest BCUT2D eigenvalue weighted by Gasteiger charge is 2.17. The van der Waals surface area contributed by atoms with Crippen LogP contribution in [0.25, 0.3) is 5.57 Å². The van der Waals surface area contributed by atoms with Gasteiger partial charge in [0.1, 0.15) is 22.4 Å². The first-order valence-electron chi connectivity index (χ1n) is 7.83. The summed E-state index contributed by atoms with van der Waals surface area (Å²) >= 11 is 7.37. The van der Waals surface area contributed by atoms with Crippen LogP contribution in [0.4, 0.5) is 0 Å². The van der Waals surface area contributed by atoms with Crippen LogP contribution in [0.5, 0.6) is 5.75 Å². The summed E-state index contributed by atoms with van der Waals surface area (Å²) < 4.78 is 5.76. The maximum Gasteiger partial charge on any atom is 0.279 e. The van der Waals surface area contributed by atoms with Crippen molar-refractivity contribution in [1.82, 2.24) is 15.8 Å². The van der Waals surface area contributed by atoms with Gasteiger partial charge in [-0.15, -0.1) is 11.3 Å². The number of amides is 1. The molecule has 0 aliphatic heterocycles. The molecular formula is C18H19ClN4O2S. The highest BCUT2D eigenvalue weighted by atomic mass is 35.5. The zero-order valence-corrected chi connectivity index (χ0v) is 16.5. The van der Waals surface area contributed by atoms with Crippen molar-refractivity contribution >= 4 is 34.4 Å². The van der Waals surface area contributed by atoms with Gasteiger partial charge in [-0.25, -0.2) is 4.98 Å². The number of halogens is 1. The molecule has 0 unspecified atom stereocenters. The van der Waals surface area contributed by atoms with E-state index >= 15 is 0 Å². The van der Waals surface area contributed by atoms with Gasteiger partial charge < -0.3 is 10.2 Å². The number of nitrogens with one attached hydrogen (secondary N) is 2. The van der Waals surface area contributed by atoms with E-state index in [1.807, 2.05) is 32.2 Å². The van der Waals surface area contributed by atoms with Gasteiger partial charge in [0.15, 0.2) is 6.10 Å². The number of ether oxygens (including phenoxy) is 1. The average Bonchev–Trinajstić information content (AvgIpc) is 3.00. The van der Waals surface area contributed by atoms with E-state index in [0.29, 0.717) is 21.4 Å². The summed E-state index contributed by atoms with van der Waals surface area (Å²) in [5.41, 5.74) is 8.02. The smallest absolute Gasteiger partial charge is 0.279 e. The molecule has 2 N–H and O–H groups in total. The first-order valence-corrected chi connectivity index (χ1v) is 9.09. The number of allylic oxidation sites excluding steroid dienone is 1. The van der Waals surface area contributed by atoms with Crippen LogP contribution < -0.4 is 15.6 Å². The van der Waals surface area contributed by atoms with Gasteiger partial charge in [-0.1, -0.05) is 11.6 Å². The van der Waals surface area contributed by atoms with E-state index < -0.39 is 6.10 Å². The Morgan fingerprint density at radius 1 is 1.38 bits per heavy atom. The predicted molar refractivity (Wildman–Crippen MR) is 103 cm³/mol. The molecule has 0 saturated heterocycles. The number of nitrogens with zero attached hydrogens (tertiary/aromatic N) is 2. The number of hydrazine groups is 1. The molecule has 0 saturated carbocycles. The van der Waals surface area contributed by atoms with Crippen LogP contribution in [0.1, 0.15) is 28.8 Å². The van der Waals surface area contributed by atoms with Crippen molar-refractivity contribution in [1.29, 1.82) is 5.26 Å². The fourth-order valence-electron chi connectivity index (χ4n) is 2.21. The van der Waals surface area contributed by atoms with Gasteiger partial charge in [0, 0.05) is 22.3 Å². The Hall–Kier alpha value is -2.56. The SMILES string of the molecule is Cc1csc(/C(C#N)=C/NNC(=O)[C@H](C)Oc2c(C)cc(Cl)cc2C)n1. The monoisotopic (exact) mass is 390 g/mol. The Bertz CT molecular complexity index is 863. The van der Waals surface area contributed by atoms with Crippen LogP contribution in [0.2, 0.25) is 5.02 Å². The molecule has 1 amide bonds. The lowest BCUT2D eigenvalue weighted by atomic mass is 10.1. The van der Waals surface area contributed by atoms with Crippen LogP contribution in [-0.4, -0.2) is 17.0 Å². The largest absolute Gasteiger partial charge is 0.480 e. The van der Waals surface area contributed by atoms with Gasteiger partial charge in [0.25, 0.3) is 5.91 Å². The Balaban J connectivity index is 1.97. The number of hydrogen-bond donors (Lipinski definition) is 2. The summed E-state index contributed by atoms with van der Waals surface area (Å²) in [6, 6.07) is 5.61. The molecule has 0 aliphatic rings. The Kier molecular flexibility index (Phi) is 6.61. The van der Waals surface area contributed by atoms with Crippen LogP contribution in [0.15, 0.2) is 23.7 Å². The van der Waals surface area contributed by atoms with Crippen molar-refractivity contribution in [3.8, 4) is 11.8 Å². The van der Waals surface area contributed by atoms with Crippen molar-refractivity contribution in [2.24, 2.45) is 0 Å². The molecule has 26 heavy (non-hydrogen) atoms. The summed E-state index contributed by atoms with van der Waals surface area (Å²) in [5.74, 6) is 0.256. The molecule has 2 aromatic rings. The summed E-state index contributed by atoms with van der Waals surface area (Å²) in [4.78, 5) is 16.4. The Morgan fingerprint density at radius 3 is 2.58 bits per heavy atom. The minimum absolute atomic E-state index is 0.335. The molecule has 0 radical (unpaired) electrons. The number of aromatic nitrogens is 1. The number of aryl methyl sites for hydroxylation is 3. The summed E-state index contributed by atoms with van der Waals surface area (Å²) in [6.07, 6.45) is 0.670. The van der Waals surface area contributed by atoms with E-state index in [0.717, 1.165) is 16.8 Å². The summed E-state index contributed by atoms with van der Waals surface area (Å²) in [5, 5.41) is 12.3. The zero-order chi connectivity index (χ0) is 19.3. The molecule has 1 heterocycles. The Labute approximate surface area is 161 Å². The molecule has 0 fully saturated rings. The highest BCUT2D eigenvalue weighted by Crippen LogP contribution is 2.27. The van der Waals surface area contributed by atoms with Crippen molar-refractivity contribution in [2.45, 2.75) is 33.8 Å². The van der Waals surface area contributed by atoms with Crippen LogP contribution in [-0.2, 0) is 4.79 Å².